The fourth-order valence-corrected chi connectivity index (χ4v) is 1.85. The Morgan fingerprint density at radius 3 is 3.00 bits per heavy atom. The average molecular weight is 237 g/mol. The van der Waals surface area contributed by atoms with Crippen molar-refractivity contribution >= 4 is 17.4 Å². The number of carbonyl (C=O) groups is 1. The summed E-state index contributed by atoms with van der Waals surface area (Å²) >= 11 is 0. The van der Waals surface area contributed by atoms with E-state index in [4.69, 9.17) is 5.11 Å². The van der Waals surface area contributed by atoms with Crippen LogP contribution in [0.25, 0.3) is 0 Å². The van der Waals surface area contributed by atoms with E-state index in [1.165, 1.54) is 23.2 Å². The van der Waals surface area contributed by atoms with Crippen LogP contribution in [0.4, 0.5) is 11.5 Å². The SMILES string of the molecule is O=C1CC(CO)CN1c1ncccc1[N+](=O)[O-]. The summed E-state index contributed by atoms with van der Waals surface area (Å²) in [4.78, 5) is 27.1. The molecule has 2 rings (SSSR count). The Balaban J connectivity index is 2.35. The molecule has 7 nitrogen and oxygen atoms in total. The fraction of sp³-hybridized carbons (Fsp3) is 0.400. The van der Waals surface area contributed by atoms with E-state index in [1.807, 2.05) is 0 Å². The lowest BCUT2D eigenvalue weighted by molar-refractivity contribution is -0.384. The maximum atomic E-state index is 11.7. The summed E-state index contributed by atoms with van der Waals surface area (Å²) in [6, 6.07) is 2.76. The molecule has 1 aliphatic rings. The highest BCUT2D eigenvalue weighted by Gasteiger charge is 2.34. The van der Waals surface area contributed by atoms with Gasteiger partial charge in [0.05, 0.1) is 4.92 Å². The van der Waals surface area contributed by atoms with E-state index in [2.05, 4.69) is 4.98 Å². The third kappa shape index (κ3) is 2.09. The molecule has 17 heavy (non-hydrogen) atoms. The minimum atomic E-state index is -0.568. The first-order valence-electron chi connectivity index (χ1n) is 5.14. The molecule has 7 heteroatoms. The number of carbonyl (C=O) groups excluding carboxylic acids is 1. The number of nitro groups is 1. The molecular formula is C10H11N3O4. The standard InChI is InChI=1S/C10H11N3O4/c14-6-7-4-9(15)12(5-7)10-8(13(16)17)2-1-3-11-10/h1-3,7,14H,4-6H2. The molecule has 2 heterocycles. The maximum Gasteiger partial charge on any atom is 0.312 e. The van der Waals surface area contributed by atoms with Crippen LogP contribution in [-0.4, -0.2) is 34.1 Å². The van der Waals surface area contributed by atoms with Crippen LogP contribution in [0.3, 0.4) is 0 Å². The summed E-state index contributed by atoms with van der Waals surface area (Å²) in [5.41, 5.74) is -0.195. The van der Waals surface area contributed by atoms with Crippen molar-refractivity contribution in [1.82, 2.24) is 4.98 Å². The molecule has 1 aromatic heterocycles. The number of hydrogen-bond donors (Lipinski definition) is 1. The van der Waals surface area contributed by atoms with Crippen LogP contribution in [0.5, 0.6) is 0 Å². The first kappa shape index (κ1) is 11.5. The highest BCUT2D eigenvalue weighted by atomic mass is 16.6. The van der Waals surface area contributed by atoms with E-state index in [1.54, 1.807) is 0 Å². The summed E-state index contributed by atoms with van der Waals surface area (Å²) in [5.74, 6) is -0.367. The molecular weight excluding hydrogens is 226 g/mol. The summed E-state index contributed by atoms with van der Waals surface area (Å²) in [7, 11) is 0. The van der Waals surface area contributed by atoms with E-state index in [0.717, 1.165) is 0 Å². The second-order valence-electron chi connectivity index (χ2n) is 3.86. The number of pyridine rings is 1. The van der Waals surface area contributed by atoms with E-state index >= 15 is 0 Å². The molecule has 1 saturated heterocycles. The quantitative estimate of drug-likeness (QED) is 0.603. The number of nitrogens with zero attached hydrogens (tertiary/aromatic N) is 3. The van der Waals surface area contributed by atoms with Gasteiger partial charge >= 0.3 is 5.69 Å². The highest BCUT2D eigenvalue weighted by Crippen LogP contribution is 2.30. The van der Waals surface area contributed by atoms with Crippen LogP contribution in [0, 0.1) is 16.0 Å². The molecule has 0 spiro atoms. The molecule has 0 saturated carbocycles. The Morgan fingerprint density at radius 1 is 1.65 bits per heavy atom. The van der Waals surface area contributed by atoms with Crippen molar-refractivity contribution < 1.29 is 14.8 Å². The predicted molar refractivity (Wildman–Crippen MR) is 58.4 cm³/mol. The Morgan fingerprint density at radius 2 is 2.41 bits per heavy atom. The molecule has 0 bridgehead atoms. The van der Waals surface area contributed by atoms with Crippen LogP contribution in [-0.2, 0) is 4.79 Å². The largest absolute Gasteiger partial charge is 0.396 e. The van der Waals surface area contributed by atoms with Gasteiger partial charge < -0.3 is 5.11 Å². The van der Waals surface area contributed by atoms with Gasteiger partial charge in [-0.3, -0.25) is 19.8 Å². The fourth-order valence-electron chi connectivity index (χ4n) is 1.85. The summed E-state index contributed by atoms with van der Waals surface area (Å²) in [6.45, 7) is 0.163. The Kier molecular flexibility index (Phi) is 3.01. The number of rotatable bonds is 3. The topological polar surface area (TPSA) is 96.6 Å². The van der Waals surface area contributed by atoms with Crippen LogP contribution in [0.2, 0.25) is 0 Å². The molecule has 1 unspecified atom stereocenters. The summed E-state index contributed by atoms with van der Waals surface area (Å²) in [5, 5.41) is 19.8. The zero-order chi connectivity index (χ0) is 12.4. The van der Waals surface area contributed by atoms with E-state index < -0.39 is 4.92 Å². The summed E-state index contributed by atoms with van der Waals surface area (Å²) in [6.07, 6.45) is 1.60. The van der Waals surface area contributed by atoms with Gasteiger partial charge in [-0.15, -0.1) is 0 Å². The van der Waals surface area contributed by atoms with E-state index in [9.17, 15) is 14.9 Å². The van der Waals surface area contributed by atoms with Crippen LogP contribution < -0.4 is 4.90 Å². The van der Waals surface area contributed by atoms with Crippen molar-refractivity contribution in [2.75, 3.05) is 18.1 Å². The molecule has 1 fully saturated rings. The van der Waals surface area contributed by atoms with Gasteiger partial charge in [-0.05, 0) is 6.07 Å². The minimum Gasteiger partial charge on any atom is -0.396 e. The first-order valence-corrected chi connectivity index (χ1v) is 5.14. The Labute approximate surface area is 96.8 Å². The highest BCUT2D eigenvalue weighted by molar-refractivity contribution is 5.96. The Hall–Kier alpha value is -2.02. The van der Waals surface area contributed by atoms with Crippen LogP contribution in [0.15, 0.2) is 18.3 Å². The van der Waals surface area contributed by atoms with Crippen molar-refractivity contribution in [2.45, 2.75) is 6.42 Å². The third-order valence-corrected chi connectivity index (χ3v) is 2.68. The van der Waals surface area contributed by atoms with Gasteiger partial charge in [-0.1, -0.05) is 0 Å². The summed E-state index contributed by atoms with van der Waals surface area (Å²) < 4.78 is 0. The van der Waals surface area contributed by atoms with Gasteiger partial charge in [0.1, 0.15) is 0 Å². The van der Waals surface area contributed by atoms with E-state index in [0.29, 0.717) is 0 Å². The molecule has 1 aromatic rings. The Bertz CT molecular complexity index is 463. The van der Waals surface area contributed by atoms with Gasteiger partial charge in [-0.25, -0.2) is 4.98 Å². The lowest BCUT2D eigenvalue weighted by Crippen LogP contribution is -2.26. The van der Waals surface area contributed by atoms with Crippen molar-refractivity contribution in [3.8, 4) is 0 Å². The van der Waals surface area contributed by atoms with E-state index in [-0.39, 0.29) is 42.9 Å². The van der Waals surface area contributed by atoms with Crippen molar-refractivity contribution in [3.05, 3.63) is 28.4 Å². The van der Waals surface area contributed by atoms with Gasteiger partial charge in [0, 0.05) is 37.8 Å². The molecule has 0 radical (unpaired) electrons. The van der Waals surface area contributed by atoms with Gasteiger partial charge in [0.15, 0.2) is 0 Å². The van der Waals surface area contributed by atoms with Gasteiger partial charge in [0.2, 0.25) is 11.7 Å². The smallest absolute Gasteiger partial charge is 0.312 e. The molecule has 1 atom stereocenters. The van der Waals surface area contributed by atoms with Crippen molar-refractivity contribution in [3.63, 3.8) is 0 Å². The second kappa shape index (κ2) is 4.46. The van der Waals surface area contributed by atoms with Crippen LogP contribution >= 0.6 is 0 Å². The molecule has 0 aromatic carbocycles. The third-order valence-electron chi connectivity index (χ3n) is 2.68. The number of aromatic nitrogens is 1. The normalized spacial score (nSPS) is 19.7. The number of amides is 1. The lowest BCUT2D eigenvalue weighted by atomic mass is 10.1. The molecule has 1 amide bonds. The van der Waals surface area contributed by atoms with Gasteiger partial charge in [0.25, 0.3) is 0 Å². The minimum absolute atomic E-state index is 0.0541. The zero-order valence-electron chi connectivity index (χ0n) is 8.94. The lowest BCUT2D eigenvalue weighted by Gasteiger charge is -2.14. The number of hydrogen-bond acceptors (Lipinski definition) is 5. The predicted octanol–water partition coefficient (Wildman–Crippen LogP) is 0.335. The monoisotopic (exact) mass is 237 g/mol. The zero-order valence-corrected chi connectivity index (χ0v) is 8.94. The number of aliphatic hydroxyl groups is 1. The first-order chi connectivity index (χ1) is 8.13. The maximum absolute atomic E-state index is 11.7. The van der Waals surface area contributed by atoms with Crippen molar-refractivity contribution in [2.24, 2.45) is 5.92 Å². The van der Waals surface area contributed by atoms with Crippen molar-refractivity contribution in [1.29, 1.82) is 0 Å². The second-order valence-corrected chi connectivity index (χ2v) is 3.86. The van der Waals surface area contributed by atoms with Crippen LogP contribution in [0.1, 0.15) is 6.42 Å². The molecule has 1 N–H and O–H groups in total. The molecule has 1 aliphatic heterocycles. The molecule has 90 valence electrons. The molecule has 0 aliphatic carbocycles. The number of anilines is 1. The number of aliphatic hydroxyl groups excluding tert-OH is 1. The van der Waals surface area contributed by atoms with Gasteiger partial charge in [-0.2, -0.15) is 0 Å². The average Bonchev–Trinajstić information content (AvgIpc) is 2.70.